The average Bonchev–Trinajstić information content (AvgIpc) is 3.14. The summed E-state index contributed by atoms with van der Waals surface area (Å²) in [6.07, 6.45) is 4.63. The fourth-order valence-corrected chi connectivity index (χ4v) is 4.06. The van der Waals surface area contributed by atoms with E-state index in [1.807, 2.05) is 0 Å². The number of anilines is 1. The van der Waals surface area contributed by atoms with Gasteiger partial charge in [-0.15, -0.1) is 0 Å². The molecule has 2 rings (SSSR count). The Morgan fingerprint density at radius 1 is 1.08 bits per heavy atom. The molecule has 1 fully saturated rings. The first-order chi connectivity index (χ1) is 12.4. The zero-order chi connectivity index (χ0) is 19.0. The normalized spacial score (nSPS) is 15.0. The highest BCUT2D eigenvalue weighted by Gasteiger charge is 2.22. The number of hydrogen-bond acceptors (Lipinski definition) is 4. The highest BCUT2D eigenvalue weighted by molar-refractivity contribution is 7.89. The van der Waals surface area contributed by atoms with Gasteiger partial charge in [0.2, 0.25) is 15.9 Å². The van der Waals surface area contributed by atoms with E-state index in [4.69, 9.17) is 0 Å². The second kappa shape index (κ2) is 9.68. The molecular weight excluding hydrogens is 354 g/mol. The van der Waals surface area contributed by atoms with Gasteiger partial charge in [-0.3, -0.25) is 9.59 Å². The maximum atomic E-state index is 12.1. The molecular formula is C18H27N3O4S. The molecule has 0 bridgehead atoms. The highest BCUT2D eigenvalue weighted by atomic mass is 32.2. The highest BCUT2D eigenvalue weighted by Crippen LogP contribution is 2.26. The predicted molar refractivity (Wildman–Crippen MR) is 101 cm³/mol. The van der Waals surface area contributed by atoms with Gasteiger partial charge in [0, 0.05) is 30.3 Å². The van der Waals surface area contributed by atoms with Crippen molar-refractivity contribution in [1.29, 1.82) is 0 Å². The molecule has 144 valence electrons. The molecule has 2 amide bonds. The molecule has 0 unspecified atom stereocenters. The lowest BCUT2D eigenvalue weighted by atomic mass is 10.1. The molecule has 1 aromatic rings. The van der Waals surface area contributed by atoms with Crippen molar-refractivity contribution >= 4 is 27.5 Å². The molecule has 0 atom stereocenters. The summed E-state index contributed by atoms with van der Waals surface area (Å²) in [4.78, 5) is 24.2. The summed E-state index contributed by atoms with van der Waals surface area (Å²) < 4.78 is 25.4. The molecule has 0 aliphatic heterocycles. The zero-order valence-corrected chi connectivity index (χ0v) is 15.9. The number of carbonyl (C=O) groups excluding carboxylic acids is 2. The van der Waals surface area contributed by atoms with Gasteiger partial charge in [-0.05, 0) is 43.5 Å². The Hall–Kier alpha value is -1.93. The van der Waals surface area contributed by atoms with E-state index in [0.29, 0.717) is 17.7 Å². The first-order valence-electron chi connectivity index (χ1n) is 9.08. The van der Waals surface area contributed by atoms with Crippen LogP contribution in [0.25, 0.3) is 0 Å². The van der Waals surface area contributed by atoms with Crippen LogP contribution in [0.4, 0.5) is 5.69 Å². The monoisotopic (exact) mass is 381 g/mol. The fraction of sp³-hybridized carbons (Fsp3) is 0.556. The average molecular weight is 381 g/mol. The summed E-state index contributed by atoms with van der Waals surface area (Å²) in [7, 11) is -3.26. The molecule has 0 spiro atoms. The smallest absolute Gasteiger partial charge is 0.251 e. The van der Waals surface area contributed by atoms with Crippen LogP contribution in [-0.2, 0) is 14.8 Å². The fourth-order valence-electron chi connectivity index (χ4n) is 2.96. The van der Waals surface area contributed by atoms with Gasteiger partial charge in [-0.1, -0.05) is 19.8 Å². The predicted octanol–water partition coefficient (Wildman–Crippen LogP) is 1.87. The summed E-state index contributed by atoms with van der Waals surface area (Å²) in [6, 6.07) is 6.68. The van der Waals surface area contributed by atoms with Crippen molar-refractivity contribution in [3.8, 4) is 0 Å². The second-order valence-electron chi connectivity index (χ2n) is 6.52. The van der Waals surface area contributed by atoms with E-state index in [2.05, 4.69) is 15.4 Å². The Morgan fingerprint density at radius 3 is 2.35 bits per heavy atom. The Kier molecular flexibility index (Phi) is 7.59. The van der Waals surface area contributed by atoms with E-state index in [-0.39, 0.29) is 36.6 Å². The summed E-state index contributed by atoms with van der Waals surface area (Å²) in [5.41, 5.74) is 1.13. The van der Waals surface area contributed by atoms with Gasteiger partial charge in [-0.2, -0.15) is 0 Å². The lowest BCUT2D eigenvalue weighted by Crippen LogP contribution is -2.35. The summed E-state index contributed by atoms with van der Waals surface area (Å²) in [5, 5.41) is 5.55. The van der Waals surface area contributed by atoms with Crippen LogP contribution in [0.5, 0.6) is 0 Å². The summed E-state index contributed by atoms with van der Waals surface area (Å²) in [5.74, 6) is -0.0727. The summed E-state index contributed by atoms with van der Waals surface area (Å²) in [6.45, 7) is 2.16. The van der Waals surface area contributed by atoms with Gasteiger partial charge in [-0.25, -0.2) is 13.1 Å². The number of nitrogens with one attached hydrogen (secondary N) is 3. The third kappa shape index (κ3) is 6.42. The molecule has 1 aliphatic rings. The standard InChI is InChI=1S/C18H27N3O4S/c1-2-13-26(24,25)20-12-11-19-17(22)15-7-9-16(10-8-15)21-18(23)14-5-3-4-6-14/h7-10,14,20H,2-6,11-13H2,1H3,(H,19,22)(H,21,23). The third-order valence-corrected chi connectivity index (χ3v) is 5.94. The lowest BCUT2D eigenvalue weighted by molar-refractivity contribution is -0.119. The van der Waals surface area contributed by atoms with Crippen LogP contribution in [0.2, 0.25) is 0 Å². The minimum absolute atomic E-state index is 0.0408. The van der Waals surface area contributed by atoms with Crippen molar-refractivity contribution in [2.24, 2.45) is 5.92 Å². The lowest BCUT2D eigenvalue weighted by Gasteiger charge is -2.11. The molecule has 0 radical (unpaired) electrons. The SMILES string of the molecule is CCCS(=O)(=O)NCCNC(=O)c1ccc(NC(=O)C2CCCC2)cc1. The van der Waals surface area contributed by atoms with E-state index in [0.717, 1.165) is 25.7 Å². The van der Waals surface area contributed by atoms with Gasteiger partial charge in [0.1, 0.15) is 0 Å². The van der Waals surface area contributed by atoms with E-state index in [1.165, 1.54) is 0 Å². The molecule has 8 heteroatoms. The third-order valence-electron chi connectivity index (χ3n) is 4.35. The summed E-state index contributed by atoms with van der Waals surface area (Å²) >= 11 is 0. The van der Waals surface area contributed by atoms with Crippen molar-refractivity contribution < 1.29 is 18.0 Å². The van der Waals surface area contributed by atoms with Crippen LogP contribution in [0.1, 0.15) is 49.4 Å². The van der Waals surface area contributed by atoms with Crippen LogP contribution in [0, 0.1) is 5.92 Å². The van der Waals surface area contributed by atoms with E-state index < -0.39 is 10.0 Å². The van der Waals surface area contributed by atoms with Crippen molar-refractivity contribution in [2.45, 2.75) is 39.0 Å². The zero-order valence-electron chi connectivity index (χ0n) is 15.1. The minimum Gasteiger partial charge on any atom is -0.351 e. The Labute approximate surface area is 155 Å². The molecule has 26 heavy (non-hydrogen) atoms. The largest absolute Gasteiger partial charge is 0.351 e. The van der Waals surface area contributed by atoms with Crippen LogP contribution >= 0.6 is 0 Å². The van der Waals surface area contributed by atoms with Gasteiger partial charge in [0.15, 0.2) is 0 Å². The molecule has 0 saturated heterocycles. The van der Waals surface area contributed by atoms with E-state index in [1.54, 1.807) is 31.2 Å². The first kappa shape index (κ1) is 20.4. The van der Waals surface area contributed by atoms with Crippen LogP contribution in [-0.4, -0.2) is 39.1 Å². The van der Waals surface area contributed by atoms with Crippen LogP contribution < -0.4 is 15.4 Å². The Balaban J connectivity index is 1.76. The van der Waals surface area contributed by atoms with Gasteiger partial charge >= 0.3 is 0 Å². The number of carbonyl (C=O) groups is 2. The molecule has 3 N–H and O–H groups in total. The van der Waals surface area contributed by atoms with Crippen molar-refractivity contribution in [3.63, 3.8) is 0 Å². The van der Waals surface area contributed by atoms with Crippen molar-refractivity contribution in [2.75, 3.05) is 24.2 Å². The van der Waals surface area contributed by atoms with Gasteiger partial charge in [0.05, 0.1) is 5.75 Å². The van der Waals surface area contributed by atoms with Crippen molar-refractivity contribution in [3.05, 3.63) is 29.8 Å². The van der Waals surface area contributed by atoms with E-state index >= 15 is 0 Å². The number of benzene rings is 1. The molecule has 7 nitrogen and oxygen atoms in total. The molecule has 0 heterocycles. The minimum atomic E-state index is -3.26. The second-order valence-corrected chi connectivity index (χ2v) is 8.44. The number of amides is 2. The maximum Gasteiger partial charge on any atom is 0.251 e. The maximum absolute atomic E-state index is 12.1. The van der Waals surface area contributed by atoms with Crippen LogP contribution in [0.3, 0.4) is 0 Å². The Bertz CT molecular complexity index is 710. The van der Waals surface area contributed by atoms with Gasteiger partial charge in [0.25, 0.3) is 5.91 Å². The molecule has 1 aliphatic carbocycles. The number of rotatable bonds is 9. The quantitative estimate of drug-likeness (QED) is 0.568. The number of hydrogen-bond donors (Lipinski definition) is 3. The topological polar surface area (TPSA) is 104 Å². The van der Waals surface area contributed by atoms with Gasteiger partial charge < -0.3 is 10.6 Å². The molecule has 1 saturated carbocycles. The van der Waals surface area contributed by atoms with Crippen LogP contribution in [0.15, 0.2) is 24.3 Å². The van der Waals surface area contributed by atoms with Crippen molar-refractivity contribution in [1.82, 2.24) is 10.0 Å². The molecule has 0 aromatic heterocycles. The number of sulfonamides is 1. The molecule has 1 aromatic carbocycles. The van der Waals surface area contributed by atoms with E-state index in [9.17, 15) is 18.0 Å². The first-order valence-corrected chi connectivity index (χ1v) is 10.7. The Morgan fingerprint density at radius 2 is 1.73 bits per heavy atom.